The Balaban J connectivity index is 1.14. The first-order chi connectivity index (χ1) is 22.0. The highest BCUT2D eigenvalue weighted by atomic mass is 19.1. The van der Waals surface area contributed by atoms with Crippen molar-refractivity contribution in [2.45, 2.75) is 51.4 Å². The number of ether oxygens (including phenoxy) is 2. The second-order valence-electron chi connectivity index (χ2n) is 11.8. The molecule has 2 heterocycles. The van der Waals surface area contributed by atoms with E-state index in [0.29, 0.717) is 41.5 Å². The van der Waals surface area contributed by atoms with E-state index in [1.54, 1.807) is 36.4 Å². The second kappa shape index (κ2) is 16.9. The van der Waals surface area contributed by atoms with E-state index in [1.807, 2.05) is 0 Å². The van der Waals surface area contributed by atoms with E-state index in [2.05, 4.69) is 19.8 Å². The maximum Gasteiger partial charge on any atom is 0.128 e. The molecular formula is C36H45FN4O4. The molecule has 240 valence electrons. The van der Waals surface area contributed by atoms with Crippen molar-refractivity contribution in [1.29, 1.82) is 0 Å². The number of benzene rings is 3. The van der Waals surface area contributed by atoms with Gasteiger partial charge in [0.25, 0.3) is 0 Å². The zero-order valence-corrected chi connectivity index (χ0v) is 26.0. The smallest absolute Gasteiger partial charge is 0.128 e. The van der Waals surface area contributed by atoms with Crippen molar-refractivity contribution in [2.24, 2.45) is 9.98 Å². The van der Waals surface area contributed by atoms with Gasteiger partial charge in [0.1, 0.15) is 28.8 Å². The van der Waals surface area contributed by atoms with Gasteiger partial charge in [-0.25, -0.2) is 4.39 Å². The van der Waals surface area contributed by atoms with Gasteiger partial charge in [-0.05, 0) is 101 Å². The normalized spacial score (nSPS) is 16.5. The molecule has 3 aromatic rings. The van der Waals surface area contributed by atoms with Gasteiger partial charge in [-0.2, -0.15) is 0 Å². The second-order valence-corrected chi connectivity index (χ2v) is 11.8. The molecule has 2 N–H and O–H groups in total. The van der Waals surface area contributed by atoms with Crippen LogP contribution >= 0.6 is 0 Å². The van der Waals surface area contributed by atoms with Crippen LogP contribution in [0.5, 0.6) is 23.0 Å². The fourth-order valence-corrected chi connectivity index (χ4v) is 5.75. The standard InChI is InChI=1S/C36H45FN4O4/c37-30-11-14-33(38-26-28-9-12-31(24-35(28)42)44-21-7-19-40-15-3-1-4-16-40)34(23-30)39-27-29-10-13-32(25-36(29)43)45-22-8-20-41-17-5-2-6-18-41/h9-14,23-27,42-43H,1-8,15-22H2. The topological polar surface area (TPSA) is 90.1 Å². The Kier molecular flexibility index (Phi) is 12.2. The minimum absolute atomic E-state index is 0.0208. The Morgan fingerprint density at radius 1 is 0.622 bits per heavy atom. The lowest BCUT2D eigenvalue weighted by molar-refractivity contribution is 0.205. The van der Waals surface area contributed by atoms with Gasteiger partial charge in [-0.3, -0.25) is 9.98 Å². The molecule has 5 rings (SSSR count). The molecule has 0 radical (unpaired) electrons. The molecule has 0 aromatic heterocycles. The molecule has 2 aliphatic rings. The maximum atomic E-state index is 14.1. The first-order valence-corrected chi connectivity index (χ1v) is 16.3. The largest absolute Gasteiger partial charge is 0.507 e. The van der Waals surface area contributed by atoms with Crippen molar-refractivity contribution < 1.29 is 24.1 Å². The fraction of sp³-hybridized carbons (Fsp3) is 0.444. The van der Waals surface area contributed by atoms with Crippen LogP contribution in [-0.4, -0.2) is 84.9 Å². The van der Waals surface area contributed by atoms with Gasteiger partial charge in [0, 0.05) is 54.8 Å². The Hall–Kier alpha value is -3.95. The first-order valence-electron chi connectivity index (χ1n) is 16.3. The number of likely N-dealkylation sites (tertiary alicyclic amines) is 2. The van der Waals surface area contributed by atoms with Crippen LogP contribution in [0.3, 0.4) is 0 Å². The summed E-state index contributed by atoms with van der Waals surface area (Å²) in [5, 5.41) is 21.1. The van der Waals surface area contributed by atoms with E-state index in [0.717, 1.165) is 39.0 Å². The van der Waals surface area contributed by atoms with E-state index >= 15 is 0 Å². The monoisotopic (exact) mass is 616 g/mol. The van der Waals surface area contributed by atoms with Crippen LogP contribution in [-0.2, 0) is 0 Å². The zero-order chi connectivity index (χ0) is 31.3. The Morgan fingerprint density at radius 3 is 1.60 bits per heavy atom. The van der Waals surface area contributed by atoms with Crippen LogP contribution < -0.4 is 9.47 Å². The molecule has 0 atom stereocenters. The molecule has 0 spiro atoms. The number of rotatable bonds is 14. The van der Waals surface area contributed by atoms with Gasteiger partial charge in [-0.1, -0.05) is 12.8 Å². The highest BCUT2D eigenvalue weighted by Crippen LogP contribution is 2.31. The van der Waals surface area contributed by atoms with Gasteiger partial charge in [0.15, 0.2) is 0 Å². The quantitative estimate of drug-likeness (QED) is 0.147. The molecular weight excluding hydrogens is 571 g/mol. The van der Waals surface area contributed by atoms with Crippen LogP contribution in [0.2, 0.25) is 0 Å². The van der Waals surface area contributed by atoms with Crippen molar-refractivity contribution in [3.8, 4) is 23.0 Å². The highest BCUT2D eigenvalue weighted by Gasteiger charge is 2.11. The minimum atomic E-state index is -0.455. The van der Waals surface area contributed by atoms with Gasteiger partial charge in [0.05, 0.1) is 24.6 Å². The summed E-state index contributed by atoms with van der Waals surface area (Å²) >= 11 is 0. The minimum Gasteiger partial charge on any atom is -0.507 e. The molecule has 8 nitrogen and oxygen atoms in total. The van der Waals surface area contributed by atoms with Crippen molar-refractivity contribution >= 4 is 23.8 Å². The van der Waals surface area contributed by atoms with Crippen molar-refractivity contribution in [2.75, 3.05) is 52.5 Å². The molecule has 0 aliphatic carbocycles. The van der Waals surface area contributed by atoms with E-state index in [4.69, 9.17) is 9.47 Å². The molecule has 2 fully saturated rings. The van der Waals surface area contributed by atoms with Gasteiger partial charge >= 0.3 is 0 Å². The third-order valence-electron chi connectivity index (χ3n) is 8.30. The number of aliphatic imine (C=N–C) groups is 2. The lowest BCUT2D eigenvalue weighted by atomic mass is 10.1. The number of aromatic hydroxyl groups is 2. The number of nitrogens with zero attached hydrogens (tertiary/aromatic N) is 4. The van der Waals surface area contributed by atoms with E-state index in [9.17, 15) is 14.6 Å². The average molecular weight is 617 g/mol. The molecule has 0 bridgehead atoms. The van der Waals surface area contributed by atoms with Crippen LogP contribution in [0.25, 0.3) is 0 Å². The van der Waals surface area contributed by atoms with Crippen molar-refractivity contribution in [1.82, 2.24) is 9.80 Å². The predicted octanol–water partition coefficient (Wildman–Crippen LogP) is 7.25. The van der Waals surface area contributed by atoms with Crippen molar-refractivity contribution in [3.05, 3.63) is 71.5 Å². The van der Waals surface area contributed by atoms with E-state index in [-0.39, 0.29) is 17.2 Å². The molecule has 0 saturated carbocycles. The Labute approximate surface area is 265 Å². The number of halogens is 1. The lowest BCUT2D eigenvalue weighted by Gasteiger charge is -2.26. The summed E-state index contributed by atoms with van der Waals surface area (Å²) < 4.78 is 25.8. The number of piperidine rings is 2. The molecule has 2 aliphatic heterocycles. The zero-order valence-electron chi connectivity index (χ0n) is 26.0. The van der Waals surface area contributed by atoms with Gasteiger partial charge in [-0.15, -0.1) is 0 Å². The summed E-state index contributed by atoms with van der Waals surface area (Å²) in [6.07, 6.45) is 12.6. The summed E-state index contributed by atoms with van der Waals surface area (Å²) in [4.78, 5) is 13.8. The van der Waals surface area contributed by atoms with Gasteiger partial charge in [0.2, 0.25) is 0 Å². The Morgan fingerprint density at radius 2 is 1.11 bits per heavy atom. The summed E-state index contributed by atoms with van der Waals surface area (Å²) in [7, 11) is 0. The van der Waals surface area contributed by atoms with Crippen LogP contribution in [0.15, 0.2) is 64.6 Å². The number of hydrogen-bond donors (Lipinski definition) is 2. The summed E-state index contributed by atoms with van der Waals surface area (Å²) in [6, 6.07) is 14.3. The van der Waals surface area contributed by atoms with Crippen LogP contribution in [0.1, 0.15) is 62.5 Å². The summed E-state index contributed by atoms with van der Waals surface area (Å²) in [5.74, 6) is 0.797. The number of phenols is 2. The Bertz CT molecular complexity index is 1430. The van der Waals surface area contributed by atoms with E-state index < -0.39 is 5.82 Å². The predicted molar refractivity (Wildman–Crippen MR) is 178 cm³/mol. The van der Waals surface area contributed by atoms with Crippen LogP contribution in [0, 0.1) is 5.82 Å². The van der Waals surface area contributed by atoms with E-state index in [1.165, 1.54) is 82.2 Å². The molecule has 2 saturated heterocycles. The molecule has 3 aromatic carbocycles. The number of hydrogen-bond acceptors (Lipinski definition) is 8. The highest BCUT2D eigenvalue weighted by molar-refractivity contribution is 5.89. The average Bonchev–Trinajstić information content (AvgIpc) is 3.06. The third kappa shape index (κ3) is 10.3. The molecule has 45 heavy (non-hydrogen) atoms. The molecule has 0 amide bonds. The fourth-order valence-electron chi connectivity index (χ4n) is 5.75. The summed E-state index contributed by atoms with van der Waals surface area (Å²) in [5.41, 5.74) is 1.67. The lowest BCUT2D eigenvalue weighted by Crippen LogP contribution is -2.31. The molecule has 9 heteroatoms. The first kappa shape index (κ1) is 32.4. The van der Waals surface area contributed by atoms with Crippen LogP contribution in [0.4, 0.5) is 15.8 Å². The number of phenolic OH excluding ortho intramolecular Hbond substituents is 2. The van der Waals surface area contributed by atoms with Gasteiger partial charge < -0.3 is 29.5 Å². The maximum absolute atomic E-state index is 14.1. The van der Waals surface area contributed by atoms with Crippen molar-refractivity contribution in [3.63, 3.8) is 0 Å². The molecule has 0 unspecified atom stereocenters. The summed E-state index contributed by atoms with van der Waals surface area (Å²) in [6.45, 7) is 7.88. The third-order valence-corrected chi connectivity index (χ3v) is 8.30. The SMILES string of the molecule is Oc1cc(OCCCN2CCCCC2)ccc1C=Nc1ccc(F)cc1N=Cc1ccc(OCCCN2CCCCC2)cc1O.